The zero-order valence-electron chi connectivity index (χ0n) is 9.85. The summed E-state index contributed by atoms with van der Waals surface area (Å²) >= 11 is 8.48. The Bertz CT molecular complexity index is 349. The molecule has 0 unspecified atom stereocenters. The molecule has 0 aliphatic heterocycles. The average molecular weight is 416 g/mol. The highest BCUT2D eigenvalue weighted by Gasteiger charge is 1.93. The molecule has 0 fully saturated rings. The van der Waals surface area contributed by atoms with Crippen LogP contribution in [0.15, 0.2) is 19.8 Å². The Morgan fingerprint density at radius 2 is 1.83 bits per heavy atom. The van der Waals surface area contributed by atoms with Gasteiger partial charge in [-0.2, -0.15) is 10.5 Å². The van der Waals surface area contributed by atoms with E-state index in [-0.39, 0.29) is 0 Å². The van der Waals surface area contributed by atoms with Crippen LogP contribution in [0.4, 0.5) is 0 Å². The highest BCUT2D eigenvalue weighted by molar-refractivity contribution is 9.11. The maximum absolute atomic E-state index is 8.19. The average Bonchev–Trinajstić information content (AvgIpc) is 2.37. The second-order valence-corrected chi connectivity index (χ2v) is 5.45. The molecule has 0 saturated carbocycles. The molecule has 100 valence electrons. The number of nitrogens with zero attached hydrogens (tertiary/aromatic N) is 2. The second-order valence-electron chi connectivity index (χ2n) is 2.41. The normalized spacial score (nSPS) is 11.0. The van der Waals surface area contributed by atoms with Gasteiger partial charge in [0.1, 0.15) is 10.8 Å². The summed E-state index contributed by atoms with van der Waals surface area (Å²) < 4.78 is 10.4. The number of thioether (sulfide) groups is 2. The number of thiocyanates is 2. The third-order valence-corrected chi connectivity index (χ3v) is 3.82. The van der Waals surface area contributed by atoms with Gasteiger partial charge in [0.15, 0.2) is 0 Å². The Kier molecular flexibility index (Phi) is 19.3. The lowest BCUT2D eigenvalue weighted by atomic mass is 10.7. The number of rotatable bonds is 6. The van der Waals surface area contributed by atoms with Gasteiger partial charge in [0.25, 0.3) is 0 Å². The SMILES string of the molecule is COC/C(=C\Br)SC#N.COC/C(Br)=C\SC#N. The summed E-state index contributed by atoms with van der Waals surface area (Å²) in [6.45, 7) is 1.01. The van der Waals surface area contributed by atoms with E-state index in [1.807, 2.05) is 10.8 Å². The molecule has 0 aliphatic carbocycles. The lowest BCUT2D eigenvalue weighted by molar-refractivity contribution is 0.232. The van der Waals surface area contributed by atoms with Gasteiger partial charge in [0, 0.05) is 23.6 Å². The second kappa shape index (κ2) is 17.0. The van der Waals surface area contributed by atoms with Gasteiger partial charge in [0.05, 0.1) is 13.2 Å². The predicted molar refractivity (Wildman–Crippen MR) is 84.2 cm³/mol. The topological polar surface area (TPSA) is 66.0 Å². The van der Waals surface area contributed by atoms with Crippen molar-refractivity contribution < 1.29 is 9.47 Å². The molecular weight excluding hydrogens is 404 g/mol. The molecular formula is C10H12Br2N2O2S2. The molecule has 0 N–H and O–H groups in total. The van der Waals surface area contributed by atoms with Gasteiger partial charge in [-0.05, 0) is 33.9 Å². The number of nitriles is 2. The van der Waals surface area contributed by atoms with Gasteiger partial charge in [-0.3, -0.25) is 0 Å². The van der Waals surface area contributed by atoms with Crippen molar-refractivity contribution in [3.63, 3.8) is 0 Å². The molecule has 0 aromatic heterocycles. The van der Waals surface area contributed by atoms with E-state index in [0.717, 1.165) is 32.9 Å². The van der Waals surface area contributed by atoms with E-state index in [4.69, 9.17) is 20.0 Å². The first-order chi connectivity index (χ1) is 8.65. The van der Waals surface area contributed by atoms with Crippen LogP contribution in [0.3, 0.4) is 0 Å². The summed E-state index contributed by atoms with van der Waals surface area (Å²) in [6.07, 6.45) is 0. The van der Waals surface area contributed by atoms with Crippen molar-refractivity contribution in [3.8, 4) is 10.8 Å². The van der Waals surface area contributed by atoms with E-state index in [1.54, 1.807) is 24.6 Å². The molecule has 8 heteroatoms. The molecule has 0 bridgehead atoms. The first-order valence-corrected chi connectivity index (χ1v) is 7.79. The minimum Gasteiger partial charge on any atom is -0.379 e. The van der Waals surface area contributed by atoms with E-state index in [9.17, 15) is 0 Å². The lowest BCUT2D eigenvalue weighted by Gasteiger charge is -1.95. The van der Waals surface area contributed by atoms with Crippen molar-refractivity contribution >= 4 is 55.4 Å². The van der Waals surface area contributed by atoms with Crippen LogP contribution in [-0.2, 0) is 9.47 Å². The van der Waals surface area contributed by atoms with Crippen LogP contribution >= 0.6 is 55.4 Å². The summed E-state index contributed by atoms with van der Waals surface area (Å²) in [4.78, 5) is 2.56. The van der Waals surface area contributed by atoms with Crippen molar-refractivity contribution in [3.05, 3.63) is 19.8 Å². The summed E-state index contributed by atoms with van der Waals surface area (Å²) in [5.74, 6) is 0. The molecule has 0 spiro atoms. The molecule has 4 nitrogen and oxygen atoms in total. The molecule has 18 heavy (non-hydrogen) atoms. The van der Waals surface area contributed by atoms with Crippen LogP contribution in [-0.4, -0.2) is 27.4 Å². The maximum Gasteiger partial charge on any atom is 0.138 e. The highest BCUT2D eigenvalue weighted by atomic mass is 79.9. The number of hydrogen-bond acceptors (Lipinski definition) is 6. The number of methoxy groups -OCH3 is 2. The van der Waals surface area contributed by atoms with Crippen LogP contribution in [0.25, 0.3) is 0 Å². The summed E-state index contributed by atoms with van der Waals surface area (Å²) in [6, 6.07) is 0. The van der Waals surface area contributed by atoms with Crippen LogP contribution in [0, 0.1) is 21.3 Å². The number of halogens is 2. The monoisotopic (exact) mass is 414 g/mol. The van der Waals surface area contributed by atoms with Crippen molar-refractivity contribution in [2.24, 2.45) is 0 Å². The van der Waals surface area contributed by atoms with Crippen LogP contribution in [0.2, 0.25) is 0 Å². The van der Waals surface area contributed by atoms with Gasteiger partial charge in [-0.25, -0.2) is 0 Å². The fraction of sp³-hybridized carbons (Fsp3) is 0.400. The predicted octanol–water partition coefficient (Wildman–Crippen LogP) is 4.17. The standard InChI is InChI=1S/2C5H6BrNOS/c1-8-2-5(6)3-9-4-7;1-8-3-5(2-6)9-4-7/h3H,2H2,1H3;2H,3H2,1H3/b5-3+;5-2+. The zero-order valence-corrected chi connectivity index (χ0v) is 14.7. The third-order valence-electron chi connectivity index (χ3n) is 1.11. The quantitative estimate of drug-likeness (QED) is 0.606. The van der Waals surface area contributed by atoms with E-state index >= 15 is 0 Å². The Balaban J connectivity index is 0. The molecule has 0 aliphatic rings. The zero-order chi connectivity index (χ0) is 14.2. The van der Waals surface area contributed by atoms with Crippen molar-refractivity contribution in [2.75, 3.05) is 27.4 Å². The Labute approximate surface area is 133 Å². The fourth-order valence-corrected chi connectivity index (χ4v) is 2.06. The largest absolute Gasteiger partial charge is 0.379 e. The third kappa shape index (κ3) is 16.0. The Morgan fingerprint density at radius 3 is 2.22 bits per heavy atom. The molecule has 0 atom stereocenters. The lowest BCUT2D eigenvalue weighted by Crippen LogP contribution is -1.87. The molecule has 0 amide bonds. The number of hydrogen-bond donors (Lipinski definition) is 0. The van der Waals surface area contributed by atoms with E-state index in [1.165, 1.54) is 0 Å². The number of ether oxygens (including phenoxy) is 2. The maximum atomic E-state index is 8.19. The van der Waals surface area contributed by atoms with Crippen molar-refractivity contribution in [2.45, 2.75) is 0 Å². The van der Waals surface area contributed by atoms with Gasteiger partial charge in [0.2, 0.25) is 0 Å². The highest BCUT2D eigenvalue weighted by Crippen LogP contribution is 2.15. The van der Waals surface area contributed by atoms with Crippen LogP contribution in [0.1, 0.15) is 0 Å². The summed E-state index contributed by atoms with van der Waals surface area (Å²) in [5.41, 5.74) is 0. The molecule has 0 heterocycles. The summed E-state index contributed by atoms with van der Waals surface area (Å²) in [5, 5.41) is 21.8. The van der Waals surface area contributed by atoms with Crippen molar-refractivity contribution in [1.29, 1.82) is 10.5 Å². The molecule has 0 radical (unpaired) electrons. The minimum absolute atomic E-state index is 0.490. The minimum atomic E-state index is 0.490. The molecule has 0 rings (SSSR count). The van der Waals surface area contributed by atoms with E-state index in [2.05, 4.69) is 31.9 Å². The Morgan fingerprint density at radius 1 is 1.22 bits per heavy atom. The van der Waals surface area contributed by atoms with Gasteiger partial charge < -0.3 is 9.47 Å². The molecule has 0 saturated heterocycles. The first-order valence-electron chi connectivity index (χ1n) is 4.38. The van der Waals surface area contributed by atoms with Gasteiger partial charge >= 0.3 is 0 Å². The smallest absolute Gasteiger partial charge is 0.138 e. The van der Waals surface area contributed by atoms with Crippen molar-refractivity contribution in [1.82, 2.24) is 0 Å². The fourth-order valence-electron chi connectivity index (χ4n) is 0.546. The van der Waals surface area contributed by atoms with E-state index < -0.39 is 0 Å². The Hall–Kier alpha value is 0.0400. The van der Waals surface area contributed by atoms with Crippen LogP contribution in [0.5, 0.6) is 0 Å². The molecule has 0 aromatic carbocycles. The van der Waals surface area contributed by atoms with Gasteiger partial charge in [-0.15, -0.1) is 0 Å². The molecule has 0 aromatic rings. The first kappa shape index (κ1) is 20.4. The van der Waals surface area contributed by atoms with Crippen LogP contribution < -0.4 is 0 Å². The van der Waals surface area contributed by atoms with Gasteiger partial charge in [-0.1, -0.05) is 31.9 Å². The van der Waals surface area contributed by atoms with E-state index in [0.29, 0.717) is 13.2 Å². The summed E-state index contributed by atoms with van der Waals surface area (Å²) in [7, 11) is 3.20.